The number of rotatable bonds is 11. The Hall–Kier alpha value is -2.96. The van der Waals surface area contributed by atoms with Gasteiger partial charge in [-0.3, -0.25) is 4.79 Å². The first-order valence-corrected chi connectivity index (χ1v) is 8.95. The predicted octanol–water partition coefficient (Wildman–Crippen LogP) is 3.93. The molecule has 0 fully saturated rings. The summed E-state index contributed by atoms with van der Waals surface area (Å²) in [6.45, 7) is 3.53. The number of oxime groups is 1. The molecular formula is C22H25NO5. The van der Waals surface area contributed by atoms with Crippen molar-refractivity contribution in [1.82, 2.24) is 0 Å². The number of hydrogen-bond acceptors (Lipinski definition) is 6. The van der Waals surface area contributed by atoms with E-state index in [0.29, 0.717) is 32.0 Å². The van der Waals surface area contributed by atoms with Crippen molar-refractivity contribution < 1.29 is 24.2 Å². The Morgan fingerprint density at radius 2 is 1.71 bits per heavy atom. The zero-order valence-corrected chi connectivity index (χ0v) is 16.1. The Labute approximate surface area is 165 Å². The average molecular weight is 383 g/mol. The van der Waals surface area contributed by atoms with Crippen LogP contribution in [-0.4, -0.2) is 50.2 Å². The minimum Gasteiger partial charge on any atom is -0.491 e. The number of benzene rings is 2. The molecule has 6 heteroatoms. The van der Waals surface area contributed by atoms with Gasteiger partial charge in [0, 0.05) is 18.2 Å². The lowest BCUT2D eigenvalue weighted by Crippen LogP contribution is -2.10. The molecule has 28 heavy (non-hydrogen) atoms. The van der Waals surface area contributed by atoms with Gasteiger partial charge in [0.05, 0.1) is 19.8 Å². The first-order chi connectivity index (χ1) is 13.7. The smallest absolute Gasteiger partial charge is 0.210 e. The van der Waals surface area contributed by atoms with E-state index >= 15 is 0 Å². The molecule has 0 aromatic heterocycles. The maximum Gasteiger partial charge on any atom is 0.210 e. The van der Waals surface area contributed by atoms with Crippen LogP contribution in [0.2, 0.25) is 0 Å². The van der Waals surface area contributed by atoms with E-state index in [4.69, 9.17) is 19.4 Å². The molecule has 1 N–H and O–H groups in total. The zero-order chi connectivity index (χ0) is 20.2. The highest BCUT2D eigenvalue weighted by molar-refractivity contribution is 6.45. The number of ether oxygens (including phenoxy) is 3. The Bertz CT molecular complexity index is 812. The van der Waals surface area contributed by atoms with Crippen LogP contribution in [0.3, 0.4) is 0 Å². The van der Waals surface area contributed by atoms with Gasteiger partial charge in [0.25, 0.3) is 0 Å². The second kappa shape index (κ2) is 11.7. The largest absolute Gasteiger partial charge is 0.491 e. The highest BCUT2D eigenvalue weighted by Crippen LogP contribution is 2.21. The van der Waals surface area contributed by atoms with Gasteiger partial charge in [0.2, 0.25) is 5.78 Å². The number of Topliss-reactive ketones (excluding diaryl/α,β-unsaturated/α-hetero) is 1. The molecule has 2 aromatic rings. The van der Waals surface area contributed by atoms with Gasteiger partial charge in [0.15, 0.2) is 0 Å². The summed E-state index contributed by atoms with van der Waals surface area (Å²) in [5.41, 5.74) is 2.42. The standard InChI is InChI=1S/C22H25NO5/c1-17(23-25)22(24)20-11-8-18(9-12-20)7-10-19-5-3-4-6-21(19)28-16-15-27-14-13-26-2/h3-12,25H,13-16H2,1-2H3. The Balaban J connectivity index is 1.97. The topological polar surface area (TPSA) is 77.4 Å². The van der Waals surface area contributed by atoms with E-state index in [2.05, 4.69) is 5.16 Å². The van der Waals surface area contributed by atoms with Crippen molar-refractivity contribution >= 4 is 23.6 Å². The maximum absolute atomic E-state index is 12.0. The predicted molar refractivity (Wildman–Crippen MR) is 109 cm³/mol. The van der Waals surface area contributed by atoms with Crippen LogP contribution in [0.5, 0.6) is 5.75 Å². The lowest BCUT2D eigenvalue weighted by Gasteiger charge is -2.09. The fourth-order valence-electron chi connectivity index (χ4n) is 2.39. The molecule has 0 unspecified atom stereocenters. The Morgan fingerprint density at radius 1 is 1.00 bits per heavy atom. The second-order valence-electron chi connectivity index (χ2n) is 5.96. The van der Waals surface area contributed by atoms with E-state index in [9.17, 15) is 4.79 Å². The van der Waals surface area contributed by atoms with Crippen LogP contribution < -0.4 is 4.74 Å². The van der Waals surface area contributed by atoms with Gasteiger partial charge < -0.3 is 19.4 Å². The summed E-state index contributed by atoms with van der Waals surface area (Å²) in [7, 11) is 1.64. The zero-order valence-electron chi connectivity index (χ0n) is 16.1. The molecule has 0 spiro atoms. The summed E-state index contributed by atoms with van der Waals surface area (Å²) in [6, 6.07) is 14.8. The number of para-hydroxylation sites is 1. The first-order valence-electron chi connectivity index (χ1n) is 8.95. The first kappa shape index (κ1) is 21.3. The summed E-state index contributed by atoms with van der Waals surface area (Å²) < 4.78 is 16.1. The van der Waals surface area contributed by atoms with Crippen molar-refractivity contribution in [2.24, 2.45) is 5.16 Å². The van der Waals surface area contributed by atoms with Gasteiger partial charge in [-0.1, -0.05) is 59.8 Å². The van der Waals surface area contributed by atoms with E-state index in [1.165, 1.54) is 6.92 Å². The van der Waals surface area contributed by atoms with Crippen molar-refractivity contribution in [3.05, 3.63) is 65.2 Å². The van der Waals surface area contributed by atoms with Gasteiger partial charge in [-0.05, 0) is 18.6 Å². The SMILES string of the molecule is COCCOCCOc1ccccc1C=Cc1ccc(C(=O)C(C)=NO)cc1. The van der Waals surface area contributed by atoms with Gasteiger partial charge in [-0.25, -0.2) is 0 Å². The summed E-state index contributed by atoms with van der Waals surface area (Å²) in [5, 5.41) is 11.6. The quantitative estimate of drug-likeness (QED) is 0.159. The van der Waals surface area contributed by atoms with E-state index in [1.807, 2.05) is 48.6 Å². The van der Waals surface area contributed by atoms with Crippen LogP contribution in [0, 0.1) is 0 Å². The second-order valence-corrected chi connectivity index (χ2v) is 5.96. The van der Waals surface area contributed by atoms with Crippen LogP contribution in [0.25, 0.3) is 12.2 Å². The van der Waals surface area contributed by atoms with E-state index in [-0.39, 0.29) is 11.5 Å². The van der Waals surface area contributed by atoms with Crippen LogP contribution in [0.4, 0.5) is 0 Å². The third-order valence-electron chi connectivity index (χ3n) is 3.94. The van der Waals surface area contributed by atoms with E-state index in [1.54, 1.807) is 19.2 Å². The van der Waals surface area contributed by atoms with E-state index < -0.39 is 0 Å². The number of carbonyl (C=O) groups is 1. The lowest BCUT2D eigenvalue weighted by atomic mass is 10.0. The average Bonchev–Trinajstić information content (AvgIpc) is 2.74. The maximum atomic E-state index is 12.0. The Morgan fingerprint density at radius 3 is 2.43 bits per heavy atom. The molecule has 0 aliphatic heterocycles. The van der Waals surface area contributed by atoms with Gasteiger partial charge in [0.1, 0.15) is 18.1 Å². The van der Waals surface area contributed by atoms with Crippen molar-refractivity contribution in [3.63, 3.8) is 0 Å². The molecule has 0 saturated carbocycles. The highest BCUT2D eigenvalue weighted by atomic mass is 16.5. The Kier molecular flexibility index (Phi) is 8.91. The van der Waals surface area contributed by atoms with Gasteiger partial charge in [-0.2, -0.15) is 0 Å². The van der Waals surface area contributed by atoms with Crippen molar-refractivity contribution in [1.29, 1.82) is 0 Å². The summed E-state index contributed by atoms with van der Waals surface area (Å²) in [5.74, 6) is 0.472. The molecule has 0 saturated heterocycles. The minimum atomic E-state index is -0.301. The number of nitrogens with zero attached hydrogens (tertiary/aromatic N) is 1. The number of carbonyl (C=O) groups excluding carboxylic acids is 1. The molecule has 0 bridgehead atoms. The summed E-state index contributed by atoms with van der Waals surface area (Å²) in [4.78, 5) is 12.0. The molecule has 0 aliphatic carbocycles. The van der Waals surface area contributed by atoms with E-state index in [0.717, 1.165) is 16.9 Å². The molecule has 0 radical (unpaired) electrons. The molecule has 0 amide bonds. The minimum absolute atomic E-state index is 0.0561. The van der Waals surface area contributed by atoms with Crippen LogP contribution >= 0.6 is 0 Å². The summed E-state index contributed by atoms with van der Waals surface area (Å²) >= 11 is 0. The number of hydrogen-bond donors (Lipinski definition) is 1. The van der Waals surface area contributed by atoms with Crippen molar-refractivity contribution in [2.45, 2.75) is 6.92 Å². The normalized spacial score (nSPS) is 11.7. The van der Waals surface area contributed by atoms with Crippen molar-refractivity contribution in [2.75, 3.05) is 33.5 Å². The van der Waals surface area contributed by atoms with Gasteiger partial charge in [-0.15, -0.1) is 0 Å². The monoisotopic (exact) mass is 383 g/mol. The van der Waals surface area contributed by atoms with Gasteiger partial charge >= 0.3 is 0 Å². The molecule has 0 aliphatic rings. The van der Waals surface area contributed by atoms with Crippen LogP contribution in [-0.2, 0) is 9.47 Å². The molecule has 2 aromatic carbocycles. The van der Waals surface area contributed by atoms with Crippen LogP contribution in [0.1, 0.15) is 28.4 Å². The highest BCUT2D eigenvalue weighted by Gasteiger charge is 2.09. The fourth-order valence-corrected chi connectivity index (χ4v) is 2.39. The fraction of sp³-hybridized carbons (Fsp3) is 0.273. The molecule has 0 atom stereocenters. The number of methoxy groups -OCH3 is 1. The van der Waals surface area contributed by atoms with Crippen molar-refractivity contribution in [3.8, 4) is 5.75 Å². The third kappa shape index (κ3) is 6.64. The third-order valence-corrected chi connectivity index (χ3v) is 3.94. The lowest BCUT2D eigenvalue weighted by molar-refractivity contribution is 0.0544. The molecule has 148 valence electrons. The molecule has 6 nitrogen and oxygen atoms in total. The van der Waals surface area contributed by atoms with Crippen LogP contribution in [0.15, 0.2) is 53.7 Å². The molecular weight excluding hydrogens is 358 g/mol. The molecule has 2 rings (SSSR count). The molecule has 0 heterocycles. The number of ketones is 1. The summed E-state index contributed by atoms with van der Waals surface area (Å²) in [6.07, 6.45) is 3.90.